The number of aliphatic hydroxyl groups is 34. The van der Waals surface area contributed by atoms with Gasteiger partial charge >= 0.3 is 23.9 Å². The first kappa shape index (κ1) is 110. The number of hydrogen-bond donors (Lipinski definition) is 39. The van der Waals surface area contributed by atoms with Crippen molar-refractivity contribution in [3.63, 3.8) is 0 Å². The average molecular weight is 1950 g/mol. The minimum absolute atomic E-state index is 1.13. The number of ether oxygens (including phenoxy) is 19. The zero-order valence-corrected chi connectivity index (χ0v) is 68.4. The van der Waals surface area contributed by atoms with Crippen molar-refractivity contribution in [1.82, 2.24) is 0 Å². The highest BCUT2D eigenvalue weighted by atomic mass is 16.8. The molecule has 0 amide bonds. The fraction of sp³-hybridized carbons (Fsp3) is 0.943. The summed E-state index contributed by atoms with van der Waals surface area (Å²) in [7, 11) is 0. The van der Waals surface area contributed by atoms with E-state index in [1.807, 2.05) is 0 Å². The lowest BCUT2D eigenvalue weighted by molar-refractivity contribution is -0.416. The van der Waals surface area contributed by atoms with E-state index in [2.05, 4.69) is 0 Å². The van der Waals surface area contributed by atoms with E-state index in [1.165, 1.54) is 0 Å². The van der Waals surface area contributed by atoms with Crippen molar-refractivity contribution >= 4 is 23.9 Å². The molecule has 10 rings (SSSR count). The van der Waals surface area contributed by atoms with Gasteiger partial charge in [0.05, 0.1) is 83.8 Å². The molecule has 54 atom stereocenters. The zero-order chi connectivity index (χ0) is 98.2. The summed E-state index contributed by atoms with van der Waals surface area (Å²) in [5, 5.41) is 418. The van der Waals surface area contributed by atoms with Crippen LogP contribution in [0.4, 0.5) is 0 Å². The summed E-state index contributed by atoms with van der Waals surface area (Å²) in [6, 6.07) is -2.15. The Morgan fingerprint density at radius 2 is 0.735 bits per heavy atom. The Kier molecular flexibility index (Phi) is 37.9. The topological polar surface area (TPSA) is 1040 Å². The Labute approximate surface area is 739 Å². The van der Waals surface area contributed by atoms with E-state index in [0.29, 0.717) is 0 Å². The standard InChI is InChI=1S/C70H115NO61/c71-25-30(91)28(89)24(12-115-69(66(109)110)3-21(29(90)48(131-69)17(83)7-75)116-60-39(100)33(94)35(96)45(120-60)15(81)5-73)118-58(25)125-53-36(97)40(101)62(128-56(53)57(105)106)124-52-41(102)46(20(86)11-114-59-37(98)32(93)34(95)44(119-59)14(80)4-72)121-63(42(52)103)126-54-43(104)64(122-49(18(84)8-76)55(54)127-61-38(99)31(92)27(88)23(10-78)117-61)123-51-22(2-68(113,65(107)108)130-50(51)19(85)9-77)129-70(67(111)112)1-13(79)26(87)47(132-70)16(82)6-74/h13-56,58-64,72-104,113H,1-12,71H2,(H,105,106)(H,107,108)(H,109,110)(H,111,112)/t13-,14+,15+,16-,17-,18+,19-,20+,21-,22-,23-,24-,25-,26-,27-,28-,29-,30-,31+,32+,33+,34+,35+,36-,37+,38-,39+,40-,41-,42+,43+,44-,45-,46-,47-,48-,49-,50-,51-,52+,53-,54-,55-,56+,58-,59+,60+,61+,62+,63-,64-,68-,69-,70-/m1/s1. The second-order valence-corrected chi connectivity index (χ2v) is 33.0. The highest BCUT2D eigenvalue weighted by Gasteiger charge is 2.66. The normalized spacial score (nSPS) is 48.7. The monoisotopic (exact) mass is 1950 g/mol. The number of rotatable bonds is 38. The predicted molar refractivity (Wildman–Crippen MR) is 390 cm³/mol. The molecule has 0 unspecified atom stereocenters. The van der Waals surface area contributed by atoms with Crippen molar-refractivity contribution in [2.75, 3.05) is 59.5 Å². The second kappa shape index (κ2) is 45.5. The van der Waals surface area contributed by atoms with Crippen molar-refractivity contribution in [3.05, 3.63) is 0 Å². The van der Waals surface area contributed by atoms with Gasteiger partial charge in [0.2, 0.25) is 0 Å². The predicted octanol–water partition coefficient (Wildman–Crippen LogP) is -25.8. The van der Waals surface area contributed by atoms with E-state index in [-0.39, 0.29) is 0 Å². The molecule has 10 heterocycles. The first-order valence-corrected chi connectivity index (χ1v) is 40.8. The van der Waals surface area contributed by atoms with Crippen molar-refractivity contribution in [2.24, 2.45) is 5.73 Å². The number of aliphatic carboxylic acids is 4. The first-order valence-electron chi connectivity index (χ1n) is 40.8. The number of hydrogen-bond acceptors (Lipinski definition) is 58. The molecule has 62 heteroatoms. The second-order valence-electron chi connectivity index (χ2n) is 33.0. The molecule has 0 aromatic heterocycles. The SMILES string of the molecule is N[C@H]1[C@@H](O[C@@H]2[C@H](O)[C@@H](O)[C@@H](O[C@@H]3[C@H](O)[C@@H](O[C@@H]4[C@H](O)[C@@H](O[C@H]5[C@@H]([C@H](O)CO)O[C@@](O)(C(=O)O)C[C@H]5O[C@]5(C(=O)O)C[C@@H](O)[C@@H](O)[C@@H]([C@H](O)CO)O5)O[C@H]([C@@H](O)CO)[C@H]4O[C@@H]4O[C@H](CO)[C@@H](O)[C@H](O)[C@H]4O)O[C@H]([C@@H](O)CO[C@H]4O[C@H]([C@@H](O)CO)[C@@H](O)[C@H](O)[C@@H]4O)[C@H]3O)O[C@@H]2C(=O)O)O[C@H](CO[C@]2(C(=O)O)C[C@@H](O[C@H]3O[C@H]([C@@H](O)CO)[C@@H](O)[C@H](O)[C@@H]3O)[C@@H](O)[C@@H]([C@H](O)CO)O2)[C@@H](O)[C@@H]1O. The average Bonchev–Trinajstić information content (AvgIpc) is 0.745. The first-order chi connectivity index (χ1) is 61.9. The van der Waals surface area contributed by atoms with Crippen LogP contribution in [0.5, 0.6) is 0 Å². The quantitative estimate of drug-likeness (QED) is 0.0273. The van der Waals surface area contributed by atoms with Gasteiger partial charge in [-0.3, -0.25) is 0 Å². The molecule has 10 saturated heterocycles. The number of nitrogens with two attached hydrogens (primary N) is 1. The molecule has 0 aromatic carbocycles. The maximum absolute atomic E-state index is 13.5. The molecular weight excluding hydrogens is 1830 g/mol. The highest BCUT2D eigenvalue weighted by molar-refractivity contribution is 5.77. The summed E-state index contributed by atoms with van der Waals surface area (Å²) in [6.07, 6.45) is -129. The van der Waals surface area contributed by atoms with Crippen molar-refractivity contribution in [2.45, 2.75) is 349 Å². The summed E-state index contributed by atoms with van der Waals surface area (Å²) in [5.74, 6) is -19.8. The van der Waals surface area contributed by atoms with E-state index in [1.54, 1.807) is 0 Å². The van der Waals surface area contributed by atoms with Gasteiger partial charge in [-0.1, -0.05) is 0 Å². The van der Waals surface area contributed by atoms with E-state index >= 15 is 0 Å². The molecule has 0 saturated carbocycles. The van der Waals surface area contributed by atoms with Gasteiger partial charge in [-0.25, -0.2) is 19.2 Å². The van der Waals surface area contributed by atoms with Crippen molar-refractivity contribution < 1.29 is 303 Å². The summed E-state index contributed by atoms with van der Waals surface area (Å²) in [4.78, 5) is 53.2. The molecular formula is C70H115NO61. The van der Waals surface area contributed by atoms with Crippen LogP contribution in [0.3, 0.4) is 0 Å². The van der Waals surface area contributed by atoms with Crippen LogP contribution in [-0.4, -0.2) is 607 Å². The Morgan fingerprint density at radius 1 is 0.326 bits per heavy atom. The number of aliphatic hydroxyl groups excluding tert-OH is 33. The van der Waals surface area contributed by atoms with Gasteiger partial charge in [-0.05, 0) is 0 Å². The summed E-state index contributed by atoms with van der Waals surface area (Å²) >= 11 is 0. The lowest BCUT2D eigenvalue weighted by Crippen LogP contribution is -2.71. The number of carbonyl (C=O) groups is 4. The van der Waals surface area contributed by atoms with Gasteiger partial charge in [-0.2, -0.15) is 0 Å². The van der Waals surface area contributed by atoms with Gasteiger partial charge in [0.15, 0.2) is 50.1 Å². The summed E-state index contributed by atoms with van der Waals surface area (Å²) < 4.78 is 108. The molecule has 766 valence electrons. The molecule has 10 fully saturated rings. The molecule has 62 nitrogen and oxygen atoms in total. The van der Waals surface area contributed by atoms with Gasteiger partial charge in [0, 0.05) is 19.3 Å². The van der Waals surface area contributed by atoms with Crippen LogP contribution >= 0.6 is 0 Å². The Balaban J connectivity index is 0.993. The van der Waals surface area contributed by atoms with Gasteiger partial charge < -0.3 is 290 Å². The van der Waals surface area contributed by atoms with E-state index in [9.17, 15) is 213 Å². The van der Waals surface area contributed by atoms with Crippen LogP contribution in [0, 0.1) is 0 Å². The fourth-order valence-corrected chi connectivity index (χ4v) is 16.5. The van der Waals surface area contributed by atoms with Crippen LogP contribution in [-0.2, 0) is 109 Å². The van der Waals surface area contributed by atoms with Crippen LogP contribution in [0.2, 0.25) is 0 Å². The Hall–Kier alpha value is -4.28. The Bertz CT molecular complexity index is 3660. The molecule has 0 aromatic rings. The van der Waals surface area contributed by atoms with Crippen LogP contribution in [0.15, 0.2) is 0 Å². The smallest absolute Gasteiger partial charge is 0.364 e. The maximum atomic E-state index is 13.5. The summed E-state index contributed by atoms with van der Waals surface area (Å²) in [5.41, 5.74) is 6.21. The lowest BCUT2D eigenvalue weighted by atomic mass is 9.89. The van der Waals surface area contributed by atoms with Gasteiger partial charge in [0.1, 0.15) is 238 Å². The number of carboxylic acid groups (broad SMARTS) is 4. The van der Waals surface area contributed by atoms with E-state index in [0.717, 1.165) is 0 Å². The van der Waals surface area contributed by atoms with Crippen LogP contribution in [0.25, 0.3) is 0 Å². The molecule has 132 heavy (non-hydrogen) atoms. The zero-order valence-electron chi connectivity index (χ0n) is 68.4. The van der Waals surface area contributed by atoms with Crippen molar-refractivity contribution in [1.29, 1.82) is 0 Å². The highest BCUT2D eigenvalue weighted by Crippen LogP contribution is 2.46. The maximum Gasteiger partial charge on any atom is 0.364 e. The van der Waals surface area contributed by atoms with E-state index < -0.39 is 433 Å². The fourth-order valence-electron chi connectivity index (χ4n) is 16.5. The van der Waals surface area contributed by atoms with Crippen LogP contribution < -0.4 is 5.73 Å². The minimum Gasteiger partial charge on any atom is -0.479 e. The molecule has 0 spiro atoms. The van der Waals surface area contributed by atoms with Crippen LogP contribution in [0.1, 0.15) is 19.3 Å². The number of carboxylic acids is 4. The largest absolute Gasteiger partial charge is 0.479 e. The molecule has 0 bridgehead atoms. The van der Waals surface area contributed by atoms with Gasteiger partial charge in [0.25, 0.3) is 17.4 Å². The summed E-state index contributed by atoms with van der Waals surface area (Å²) in [6.45, 7) is -12.3. The molecule has 40 N–H and O–H groups in total. The third kappa shape index (κ3) is 22.7. The third-order valence-electron chi connectivity index (χ3n) is 24.1. The molecule has 10 aliphatic rings. The van der Waals surface area contributed by atoms with Crippen molar-refractivity contribution in [3.8, 4) is 0 Å². The van der Waals surface area contributed by atoms with Gasteiger partial charge in [-0.15, -0.1) is 0 Å². The lowest BCUT2D eigenvalue weighted by Gasteiger charge is -2.53. The molecule has 10 aliphatic heterocycles. The third-order valence-corrected chi connectivity index (χ3v) is 24.1. The van der Waals surface area contributed by atoms with E-state index in [4.69, 9.17) is 95.7 Å². The minimum atomic E-state index is -3.74. The molecule has 0 radical (unpaired) electrons. The molecule has 0 aliphatic carbocycles. The Morgan fingerprint density at radius 3 is 1.27 bits per heavy atom.